The number of hydrogen-bond donors (Lipinski definition) is 2. The number of nitrogens with zero attached hydrogens (tertiary/aromatic N) is 3. The summed E-state index contributed by atoms with van der Waals surface area (Å²) >= 11 is 0. The number of anilines is 1. The Labute approximate surface area is 171 Å². The summed E-state index contributed by atoms with van der Waals surface area (Å²) in [4.78, 5) is 14.5. The van der Waals surface area contributed by atoms with E-state index in [0.29, 0.717) is 5.69 Å². The second-order valence-corrected chi connectivity index (χ2v) is 9.55. The minimum Gasteiger partial charge on any atom is -0.378 e. The Morgan fingerprint density at radius 1 is 1.14 bits per heavy atom. The average Bonchev–Trinajstić information content (AvgIpc) is 3.18. The number of nitrogens with one attached hydrogen (secondary N) is 2. The van der Waals surface area contributed by atoms with Crippen LogP contribution in [-0.4, -0.2) is 36.4 Å². The summed E-state index contributed by atoms with van der Waals surface area (Å²) in [5.41, 5.74) is 6.48. The van der Waals surface area contributed by atoms with Crippen LogP contribution in [0.25, 0.3) is 0 Å². The molecule has 2 N–H and O–H groups in total. The lowest BCUT2D eigenvalue weighted by atomic mass is 9.49. The number of amides is 1. The van der Waals surface area contributed by atoms with Crippen LogP contribution in [0.4, 0.5) is 5.69 Å². The second-order valence-electron chi connectivity index (χ2n) is 9.55. The summed E-state index contributed by atoms with van der Waals surface area (Å²) in [6.07, 6.45) is 9.64. The van der Waals surface area contributed by atoms with Gasteiger partial charge in [0.15, 0.2) is 5.69 Å². The van der Waals surface area contributed by atoms with Gasteiger partial charge in [-0.2, -0.15) is 10.2 Å². The SMILES string of the molecule is CN(C)c1ccc(/C=N\NC(=O)c2cc(C34CC5CC(CC(C5)C3)C4)[nH]n2)cc1. The molecule has 4 bridgehead atoms. The minimum absolute atomic E-state index is 0.220. The quantitative estimate of drug-likeness (QED) is 0.603. The molecule has 6 nitrogen and oxygen atoms in total. The number of carbonyl (C=O) groups excluding carboxylic acids is 1. The molecule has 1 amide bonds. The monoisotopic (exact) mass is 391 g/mol. The number of hydrogen-bond acceptors (Lipinski definition) is 4. The summed E-state index contributed by atoms with van der Waals surface area (Å²) in [5.74, 6) is 2.33. The minimum atomic E-state index is -0.265. The molecule has 0 aliphatic heterocycles. The van der Waals surface area contributed by atoms with Gasteiger partial charge in [-0.1, -0.05) is 12.1 Å². The van der Waals surface area contributed by atoms with Gasteiger partial charge in [0, 0.05) is 30.9 Å². The largest absolute Gasteiger partial charge is 0.378 e. The van der Waals surface area contributed by atoms with Crippen LogP contribution in [0.1, 0.15) is 60.3 Å². The van der Waals surface area contributed by atoms with Gasteiger partial charge in [0.05, 0.1) is 6.21 Å². The van der Waals surface area contributed by atoms with Crippen molar-refractivity contribution in [3.63, 3.8) is 0 Å². The maximum Gasteiger partial charge on any atom is 0.291 e. The van der Waals surface area contributed by atoms with E-state index in [-0.39, 0.29) is 11.3 Å². The van der Waals surface area contributed by atoms with Gasteiger partial charge in [0.25, 0.3) is 5.91 Å². The van der Waals surface area contributed by atoms with Crippen LogP contribution in [0, 0.1) is 17.8 Å². The van der Waals surface area contributed by atoms with E-state index in [4.69, 9.17) is 0 Å². The van der Waals surface area contributed by atoms with Gasteiger partial charge in [-0.15, -0.1) is 0 Å². The number of H-pyrrole nitrogens is 1. The highest BCUT2D eigenvalue weighted by Gasteiger charge is 2.52. The fourth-order valence-electron chi connectivity index (χ4n) is 6.23. The van der Waals surface area contributed by atoms with Gasteiger partial charge >= 0.3 is 0 Å². The number of carbonyl (C=O) groups is 1. The Kier molecular flexibility index (Phi) is 4.45. The predicted octanol–water partition coefficient (Wildman–Crippen LogP) is 3.71. The molecule has 0 spiro atoms. The van der Waals surface area contributed by atoms with Crippen LogP contribution in [0.3, 0.4) is 0 Å². The highest BCUT2D eigenvalue weighted by molar-refractivity contribution is 5.93. The maximum absolute atomic E-state index is 12.5. The van der Waals surface area contributed by atoms with E-state index in [1.54, 1.807) is 6.21 Å². The van der Waals surface area contributed by atoms with Crippen molar-refractivity contribution in [2.75, 3.05) is 19.0 Å². The standard InChI is InChI=1S/C23H29N5O/c1-28(2)19-5-3-15(4-6-19)14-24-27-22(29)20-10-21(26-25-20)23-11-16-7-17(12-23)9-18(8-16)13-23/h3-6,10,14,16-18H,7-9,11-13H2,1-2H3,(H,25,26)(H,27,29)/b24-14-. The molecular formula is C23H29N5O. The highest BCUT2D eigenvalue weighted by atomic mass is 16.2. The van der Waals surface area contributed by atoms with E-state index >= 15 is 0 Å². The van der Waals surface area contributed by atoms with Crippen molar-refractivity contribution in [2.24, 2.45) is 22.9 Å². The average molecular weight is 392 g/mol. The van der Waals surface area contributed by atoms with Crippen molar-refractivity contribution in [1.29, 1.82) is 0 Å². The molecule has 4 aliphatic carbocycles. The van der Waals surface area contributed by atoms with Crippen LogP contribution in [0.15, 0.2) is 35.4 Å². The second kappa shape index (κ2) is 7.01. The molecule has 0 unspecified atom stereocenters. The molecule has 0 saturated heterocycles. The number of hydrazone groups is 1. The van der Waals surface area contributed by atoms with Crippen molar-refractivity contribution in [1.82, 2.24) is 15.6 Å². The number of aromatic amines is 1. The molecule has 4 aliphatic rings. The Morgan fingerprint density at radius 3 is 2.34 bits per heavy atom. The third-order valence-electron chi connectivity index (χ3n) is 7.21. The normalized spacial score (nSPS) is 30.1. The van der Waals surface area contributed by atoms with Gasteiger partial charge in [-0.05, 0) is 80.0 Å². The number of benzene rings is 1. The number of rotatable bonds is 5. The van der Waals surface area contributed by atoms with E-state index in [2.05, 4.69) is 20.7 Å². The van der Waals surface area contributed by atoms with Crippen LogP contribution < -0.4 is 10.3 Å². The molecule has 4 fully saturated rings. The van der Waals surface area contributed by atoms with E-state index in [9.17, 15) is 4.79 Å². The molecule has 0 radical (unpaired) electrons. The zero-order chi connectivity index (χ0) is 20.0. The predicted molar refractivity (Wildman–Crippen MR) is 114 cm³/mol. The summed E-state index contributed by atoms with van der Waals surface area (Å²) in [6, 6.07) is 9.96. The van der Waals surface area contributed by atoms with Crippen molar-refractivity contribution in [3.8, 4) is 0 Å². The Bertz CT molecular complexity index is 892. The Morgan fingerprint density at radius 2 is 1.76 bits per heavy atom. The third kappa shape index (κ3) is 3.45. The topological polar surface area (TPSA) is 73.4 Å². The van der Waals surface area contributed by atoms with Gasteiger partial charge in [0.1, 0.15) is 0 Å². The molecular weight excluding hydrogens is 362 g/mol. The van der Waals surface area contributed by atoms with Gasteiger partial charge < -0.3 is 4.90 Å². The fourth-order valence-corrected chi connectivity index (χ4v) is 6.23. The van der Waals surface area contributed by atoms with Crippen LogP contribution in [0.5, 0.6) is 0 Å². The molecule has 1 aromatic carbocycles. The first-order valence-electron chi connectivity index (χ1n) is 10.7. The lowest BCUT2D eigenvalue weighted by Gasteiger charge is -2.56. The van der Waals surface area contributed by atoms with E-state index in [1.807, 2.05) is 49.3 Å². The third-order valence-corrected chi connectivity index (χ3v) is 7.21. The molecule has 29 heavy (non-hydrogen) atoms. The molecule has 1 heterocycles. The van der Waals surface area contributed by atoms with Crippen molar-refractivity contribution >= 4 is 17.8 Å². The molecule has 1 aromatic heterocycles. The Balaban J connectivity index is 1.24. The molecule has 2 aromatic rings. The van der Waals surface area contributed by atoms with Crippen LogP contribution in [0.2, 0.25) is 0 Å². The van der Waals surface area contributed by atoms with Crippen molar-refractivity contribution < 1.29 is 4.79 Å². The Hall–Kier alpha value is -2.63. The van der Waals surface area contributed by atoms with Crippen LogP contribution >= 0.6 is 0 Å². The molecule has 6 rings (SSSR count). The highest BCUT2D eigenvalue weighted by Crippen LogP contribution is 2.60. The van der Waals surface area contributed by atoms with E-state index < -0.39 is 0 Å². The summed E-state index contributed by atoms with van der Waals surface area (Å²) in [6.45, 7) is 0. The molecule has 6 heteroatoms. The first-order chi connectivity index (χ1) is 14.0. The van der Waals surface area contributed by atoms with Crippen molar-refractivity contribution in [2.45, 2.75) is 43.9 Å². The number of aromatic nitrogens is 2. The molecule has 4 saturated carbocycles. The zero-order valence-electron chi connectivity index (χ0n) is 17.2. The maximum atomic E-state index is 12.5. The summed E-state index contributed by atoms with van der Waals surface area (Å²) < 4.78 is 0. The van der Waals surface area contributed by atoms with Crippen LogP contribution in [-0.2, 0) is 5.41 Å². The summed E-state index contributed by atoms with van der Waals surface area (Å²) in [5, 5.41) is 11.6. The van der Waals surface area contributed by atoms with Gasteiger partial charge in [-0.25, -0.2) is 5.43 Å². The first kappa shape index (κ1) is 18.4. The zero-order valence-corrected chi connectivity index (χ0v) is 17.2. The first-order valence-corrected chi connectivity index (χ1v) is 10.7. The lowest BCUT2D eigenvalue weighted by molar-refractivity contribution is -0.00721. The molecule has 0 atom stereocenters. The molecule has 152 valence electrons. The lowest BCUT2D eigenvalue weighted by Crippen LogP contribution is -2.48. The van der Waals surface area contributed by atoms with Gasteiger partial charge in [0.2, 0.25) is 0 Å². The van der Waals surface area contributed by atoms with E-state index in [0.717, 1.165) is 34.7 Å². The van der Waals surface area contributed by atoms with Crippen molar-refractivity contribution in [3.05, 3.63) is 47.3 Å². The smallest absolute Gasteiger partial charge is 0.291 e. The van der Waals surface area contributed by atoms with Gasteiger partial charge in [-0.3, -0.25) is 9.89 Å². The van der Waals surface area contributed by atoms with E-state index in [1.165, 1.54) is 38.5 Å². The summed E-state index contributed by atoms with van der Waals surface area (Å²) in [7, 11) is 4.01. The fraction of sp³-hybridized carbons (Fsp3) is 0.522.